The van der Waals surface area contributed by atoms with Crippen LogP contribution in [0, 0.1) is 5.92 Å². The molecule has 0 N–H and O–H groups in total. The van der Waals surface area contributed by atoms with Crippen molar-refractivity contribution in [3.8, 4) is 0 Å². The highest BCUT2D eigenvalue weighted by molar-refractivity contribution is 5.55. The molecular formula is C15H32N2. The Kier molecular flexibility index (Phi) is 10.3. The van der Waals surface area contributed by atoms with Gasteiger partial charge in [-0.1, -0.05) is 40.5 Å². The van der Waals surface area contributed by atoms with E-state index in [0.29, 0.717) is 6.04 Å². The van der Waals surface area contributed by atoms with Crippen LogP contribution in [0.3, 0.4) is 0 Å². The highest BCUT2D eigenvalue weighted by Gasteiger charge is 2.08. The van der Waals surface area contributed by atoms with E-state index in [9.17, 15) is 0 Å². The fraction of sp³-hybridized carbons (Fsp3) is 0.933. The summed E-state index contributed by atoms with van der Waals surface area (Å²) in [6.07, 6.45) is 8.33. The summed E-state index contributed by atoms with van der Waals surface area (Å²) in [5.74, 6) is 0.754. The van der Waals surface area contributed by atoms with E-state index in [0.717, 1.165) is 19.0 Å². The third-order valence-corrected chi connectivity index (χ3v) is 3.11. The van der Waals surface area contributed by atoms with Crippen molar-refractivity contribution >= 4 is 6.34 Å². The van der Waals surface area contributed by atoms with E-state index < -0.39 is 0 Å². The van der Waals surface area contributed by atoms with Gasteiger partial charge in [-0.05, 0) is 32.1 Å². The van der Waals surface area contributed by atoms with E-state index in [2.05, 4.69) is 50.8 Å². The molecule has 0 saturated carbocycles. The Labute approximate surface area is 109 Å². The first kappa shape index (κ1) is 16.5. The van der Waals surface area contributed by atoms with E-state index >= 15 is 0 Å². The summed E-state index contributed by atoms with van der Waals surface area (Å²) >= 11 is 0. The van der Waals surface area contributed by atoms with Crippen molar-refractivity contribution in [2.24, 2.45) is 10.9 Å². The predicted octanol–water partition coefficient (Wildman–Crippen LogP) is 4.35. The minimum absolute atomic E-state index is 0.634. The van der Waals surface area contributed by atoms with Crippen LogP contribution in [0.2, 0.25) is 0 Å². The lowest BCUT2D eigenvalue weighted by Gasteiger charge is -2.26. The molecule has 1 unspecified atom stereocenters. The molecule has 0 fully saturated rings. The Hall–Kier alpha value is -0.530. The van der Waals surface area contributed by atoms with Crippen LogP contribution in [0.1, 0.15) is 66.7 Å². The molecule has 0 aliphatic carbocycles. The molecule has 0 aromatic carbocycles. The van der Waals surface area contributed by atoms with Crippen LogP contribution in [0.4, 0.5) is 0 Å². The predicted molar refractivity (Wildman–Crippen MR) is 78.8 cm³/mol. The van der Waals surface area contributed by atoms with Crippen molar-refractivity contribution in [3.63, 3.8) is 0 Å². The normalized spacial score (nSPS) is 13.5. The Bertz CT molecular complexity index is 187. The smallest absolute Gasteiger partial charge is 0.0852 e. The molecule has 0 spiro atoms. The van der Waals surface area contributed by atoms with Crippen LogP contribution in [-0.2, 0) is 0 Å². The molecule has 0 heterocycles. The minimum Gasteiger partial charge on any atom is -0.360 e. The van der Waals surface area contributed by atoms with Gasteiger partial charge < -0.3 is 4.90 Å². The number of hydrogen-bond acceptors (Lipinski definition) is 1. The average Bonchev–Trinajstić information content (AvgIpc) is 2.28. The lowest BCUT2D eigenvalue weighted by atomic mass is 10.1. The van der Waals surface area contributed by atoms with Gasteiger partial charge in [0.25, 0.3) is 0 Å². The quantitative estimate of drug-likeness (QED) is 0.409. The largest absolute Gasteiger partial charge is 0.360 e. The van der Waals surface area contributed by atoms with Gasteiger partial charge in [-0.25, -0.2) is 0 Å². The molecule has 0 aromatic rings. The van der Waals surface area contributed by atoms with Gasteiger partial charge in [-0.2, -0.15) is 0 Å². The van der Waals surface area contributed by atoms with Crippen molar-refractivity contribution in [2.45, 2.75) is 72.8 Å². The Morgan fingerprint density at radius 2 is 1.76 bits per heavy atom. The lowest BCUT2D eigenvalue weighted by Crippen LogP contribution is -2.32. The van der Waals surface area contributed by atoms with Gasteiger partial charge in [-0.15, -0.1) is 0 Å². The molecule has 2 heteroatoms. The van der Waals surface area contributed by atoms with Crippen LogP contribution >= 0.6 is 0 Å². The third kappa shape index (κ3) is 9.20. The summed E-state index contributed by atoms with van der Waals surface area (Å²) in [7, 11) is 0. The van der Waals surface area contributed by atoms with Crippen molar-refractivity contribution in [1.29, 1.82) is 0 Å². The van der Waals surface area contributed by atoms with Gasteiger partial charge >= 0.3 is 0 Å². The number of rotatable bonds is 10. The molecule has 102 valence electrons. The van der Waals surface area contributed by atoms with Gasteiger partial charge in [0.1, 0.15) is 0 Å². The molecule has 2 nitrogen and oxygen atoms in total. The number of hydrogen-bond donors (Lipinski definition) is 0. The van der Waals surface area contributed by atoms with Gasteiger partial charge in [0, 0.05) is 19.1 Å². The van der Waals surface area contributed by atoms with E-state index in [4.69, 9.17) is 0 Å². The fourth-order valence-corrected chi connectivity index (χ4v) is 1.81. The summed E-state index contributed by atoms with van der Waals surface area (Å²) in [6, 6.07) is 0.634. The molecule has 0 radical (unpaired) electrons. The van der Waals surface area contributed by atoms with Crippen molar-refractivity contribution in [3.05, 3.63) is 0 Å². The van der Waals surface area contributed by atoms with E-state index in [1.807, 2.05) is 0 Å². The van der Waals surface area contributed by atoms with Gasteiger partial charge in [-0.3, -0.25) is 4.99 Å². The summed E-state index contributed by atoms with van der Waals surface area (Å²) < 4.78 is 0. The summed E-state index contributed by atoms with van der Waals surface area (Å²) in [5, 5.41) is 0. The highest BCUT2D eigenvalue weighted by atomic mass is 15.2. The molecule has 17 heavy (non-hydrogen) atoms. The maximum atomic E-state index is 4.57. The van der Waals surface area contributed by atoms with Crippen LogP contribution in [0.15, 0.2) is 4.99 Å². The SMILES string of the molecule is CCCCN(/C=N\CCC(C)C)C(C)CCC. The summed E-state index contributed by atoms with van der Waals surface area (Å²) in [5.41, 5.74) is 0. The topological polar surface area (TPSA) is 15.6 Å². The first-order chi connectivity index (χ1) is 8.11. The van der Waals surface area contributed by atoms with Crippen molar-refractivity contribution < 1.29 is 0 Å². The standard InChI is InChI=1S/C15H32N2/c1-6-8-12-17(15(5)9-7-2)13-16-11-10-14(3)4/h13-15H,6-12H2,1-5H3/b16-13-. The van der Waals surface area contributed by atoms with Gasteiger partial charge in [0.2, 0.25) is 0 Å². The molecule has 0 aliphatic rings. The van der Waals surface area contributed by atoms with Gasteiger partial charge in [0.15, 0.2) is 0 Å². The molecular weight excluding hydrogens is 208 g/mol. The average molecular weight is 240 g/mol. The van der Waals surface area contributed by atoms with Crippen molar-refractivity contribution in [2.75, 3.05) is 13.1 Å². The Morgan fingerprint density at radius 1 is 1.06 bits per heavy atom. The third-order valence-electron chi connectivity index (χ3n) is 3.11. The Morgan fingerprint density at radius 3 is 2.29 bits per heavy atom. The second-order valence-corrected chi connectivity index (χ2v) is 5.43. The molecule has 0 amide bonds. The number of unbranched alkanes of at least 4 members (excludes halogenated alkanes) is 1. The lowest BCUT2D eigenvalue weighted by molar-refractivity contribution is 0.315. The highest BCUT2D eigenvalue weighted by Crippen LogP contribution is 2.06. The number of nitrogens with zero attached hydrogens (tertiary/aromatic N) is 2. The molecule has 0 saturated heterocycles. The van der Waals surface area contributed by atoms with Gasteiger partial charge in [0.05, 0.1) is 6.34 Å². The van der Waals surface area contributed by atoms with Crippen LogP contribution in [0.5, 0.6) is 0 Å². The molecule has 0 rings (SSSR count). The van der Waals surface area contributed by atoms with Crippen LogP contribution in [-0.4, -0.2) is 30.4 Å². The minimum atomic E-state index is 0.634. The fourth-order valence-electron chi connectivity index (χ4n) is 1.81. The zero-order valence-electron chi connectivity index (χ0n) is 12.6. The maximum absolute atomic E-state index is 4.57. The second-order valence-electron chi connectivity index (χ2n) is 5.43. The first-order valence-electron chi connectivity index (χ1n) is 7.37. The second kappa shape index (κ2) is 10.6. The Balaban J connectivity index is 4.07. The van der Waals surface area contributed by atoms with Crippen LogP contribution in [0.25, 0.3) is 0 Å². The monoisotopic (exact) mass is 240 g/mol. The zero-order valence-corrected chi connectivity index (χ0v) is 12.6. The number of aliphatic imine (C=N–C) groups is 1. The molecule has 1 atom stereocenters. The molecule has 0 aliphatic heterocycles. The maximum Gasteiger partial charge on any atom is 0.0852 e. The van der Waals surface area contributed by atoms with E-state index in [1.165, 1.54) is 32.1 Å². The van der Waals surface area contributed by atoms with E-state index in [-0.39, 0.29) is 0 Å². The van der Waals surface area contributed by atoms with Crippen molar-refractivity contribution in [1.82, 2.24) is 4.90 Å². The summed E-state index contributed by atoms with van der Waals surface area (Å²) in [6.45, 7) is 13.5. The van der Waals surface area contributed by atoms with Crippen LogP contribution < -0.4 is 0 Å². The van der Waals surface area contributed by atoms with E-state index in [1.54, 1.807) is 0 Å². The molecule has 0 bridgehead atoms. The molecule has 0 aromatic heterocycles. The first-order valence-corrected chi connectivity index (χ1v) is 7.37. The zero-order chi connectivity index (χ0) is 13.1. The summed E-state index contributed by atoms with van der Waals surface area (Å²) in [4.78, 5) is 6.99.